The van der Waals surface area contributed by atoms with Crippen molar-refractivity contribution in [3.63, 3.8) is 0 Å². The summed E-state index contributed by atoms with van der Waals surface area (Å²) in [6.07, 6.45) is 0. The van der Waals surface area contributed by atoms with Crippen LogP contribution in [0.1, 0.15) is 27.6 Å². The first-order valence-corrected chi connectivity index (χ1v) is 8.79. The van der Waals surface area contributed by atoms with Gasteiger partial charge in [0.1, 0.15) is 0 Å². The van der Waals surface area contributed by atoms with Gasteiger partial charge < -0.3 is 20.2 Å². The molecule has 1 heterocycles. The molecule has 1 fully saturated rings. The quantitative estimate of drug-likeness (QED) is 0.865. The number of carboxylic acid groups (broad SMARTS) is 1. The highest BCUT2D eigenvalue weighted by atomic mass is 16.4. The van der Waals surface area contributed by atoms with E-state index in [1.165, 1.54) is 0 Å². The Bertz CT molecular complexity index is 784. The van der Waals surface area contributed by atoms with Gasteiger partial charge in [0, 0.05) is 37.4 Å². The second-order valence-electron chi connectivity index (χ2n) is 6.28. The molecule has 26 heavy (non-hydrogen) atoms. The predicted octanol–water partition coefficient (Wildman–Crippen LogP) is 2.78. The SMILES string of the molecule is CCN1CCN(c2ccc(NC(=O)c3ccccc3)c(C(=O)O)c2)CC1. The van der Waals surface area contributed by atoms with Crippen molar-refractivity contribution in [2.75, 3.05) is 42.9 Å². The maximum atomic E-state index is 12.3. The maximum absolute atomic E-state index is 12.3. The van der Waals surface area contributed by atoms with Gasteiger partial charge in [-0.1, -0.05) is 25.1 Å². The lowest BCUT2D eigenvalue weighted by atomic mass is 10.1. The Morgan fingerprint density at radius 3 is 2.35 bits per heavy atom. The fourth-order valence-electron chi connectivity index (χ4n) is 3.12. The molecule has 6 heteroatoms. The average molecular weight is 353 g/mol. The minimum absolute atomic E-state index is 0.102. The summed E-state index contributed by atoms with van der Waals surface area (Å²) in [5.41, 5.74) is 1.77. The smallest absolute Gasteiger partial charge is 0.337 e. The zero-order valence-electron chi connectivity index (χ0n) is 14.8. The summed E-state index contributed by atoms with van der Waals surface area (Å²) in [4.78, 5) is 28.6. The minimum atomic E-state index is -1.05. The van der Waals surface area contributed by atoms with Gasteiger partial charge in [-0.15, -0.1) is 0 Å². The van der Waals surface area contributed by atoms with Crippen molar-refractivity contribution in [2.24, 2.45) is 0 Å². The lowest BCUT2D eigenvalue weighted by Crippen LogP contribution is -2.46. The van der Waals surface area contributed by atoms with E-state index in [4.69, 9.17) is 0 Å². The number of amides is 1. The summed E-state index contributed by atoms with van der Waals surface area (Å²) in [5, 5.41) is 12.3. The molecule has 0 radical (unpaired) electrons. The molecule has 1 aliphatic rings. The first-order chi connectivity index (χ1) is 12.6. The van der Waals surface area contributed by atoms with E-state index in [-0.39, 0.29) is 11.5 Å². The van der Waals surface area contributed by atoms with Crippen molar-refractivity contribution < 1.29 is 14.7 Å². The second-order valence-corrected chi connectivity index (χ2v) is 6.28. The van der Waals surface area contributed by atoms with Crippen molar-refractivity contribution in [2.45, 2.75) is 6.92 Å². The third-order valence-corrected chi connectivity index (χ3v) is 4.70. The van der Waals surface area contributed by atoms with Gasteiger partial charge in [0.25, 0.3) is 5.91 Å². The highest BCUT2D eigenvalue weighted by Gasteiger charge is 2.19. The monoisotopic (exact) mass is 353 g/mol. The van der Waals surface area contributed by atoms with Crippen LogP contribution in [0.2, 0.25) is 0 Å². The highest BCUT2D eigenvalue weighted by Crippen LogP contribution is 2.25. The first-order valence-electron chi connectivity index (χ1n) is 8.79. The molecule has 0 atom stereocenters. The van der Waals surface area contributed by atoms with Crippen LogP contribution < -0.4 is 10.2 Å². The van der Waals surface area contributed by atoms with E-state index in [9.17, 15) is 14.7 Å². The van der Waals surface area contributed by atoms with E-state index in [0.29, 0.717) is 11.3 Å². The molecule has 136 valence electrons. The Morgan fingerprint density at radius 1 is 1.04 bits per heavy atom. The Kier molecular flexibility index (Phi) is 5.53. The lowest BCUT2D eigenvalue weighted by Gasteiger charge is -2.35. The Morgan fingerprint density at radius 2 is 1.73 bits per heavy atom. The molecule has 3 rings (SSSR count). The molecule has 1 saturated heterocycles. The van der Waals surface area contributed by atoms with Crippen molar-refractivity contribution in [3.05, 3.63) is 59.7 Å². The van der Waals surface area contributed by atoms with Crippen LogP contribution in [0.25, 0.3) is 0 Å². The zero-order valence-corrected chi connectivity index (χ0v) is 14.8. The molecule has 1 aliphatic heterocycles. The number of aromatic carboxylic acids is 1. The number of carbonyl (C=O) groups is 2. The summed E-state index contributed by atoms with van der Waals surface area (Å²) >= 11 is 0. The van der Waals surface area contributed by atoms with Crippen LogP contribution in [0.5, 0.6) is 0 Å². The first kappa shape index (κ1) is 17.9. The molecule has 0 unspecified atom stereocenters. The van der Waals surface area contributed by atoms with Gasteiger partial charge in [0.15, 0.2) is 0 Å². The molecule has 0 aromatic heterocycles. The van der Waals surface area contributed by atoms with Gasteiger partial charge >= 0.3 is 5.97 Å². The third kappa shape index (κ3) is 4.03. The summed E-state index contributed by atoms with van der Waals surface area (Å²) < 4.78 is 0. The molecule has 0 aliphatic carbocycles. The van der Waals surface area contributed by atoms with Gasteiger partial charge in [-0.2, -0.15) is 0 Å². The van der Waals surface area contributed by atoms with E-state index in [0.717, 1.165) is 38.4 Å². The van der Waals surface area contributed by atoms with Crippen molar-refractivity contribution in [1.29, 1.82) is 0 Å². The third-order valence-electron chi connectivity index (χ3n) is 4.70. The fourth-order valence-corrected chi connectivity index (χ4v) is 3.12. The minimum Gasteiger partial charge on any atom is -0.478 e. The predicted molar refractivity (Wildman–Crippen MR) is 102 cm³/mol. The second kappa shape index (κ2) is 8.01. The molecule has 6 nitrogen and oxygen atoms in total. The van der Waals surface area contributed by atoms with Crippen LogP contribution in [0.4, 0.5) is 11.4 Å². The number of hydrogen-bond donors (Lipinski definition) is 2. The van der Waals surface area contributed by atoms with Crippen molar-refractivity contribution >= 4 is 23.3 Å². The van der Waals surface area contributed by atoms with Crippen LogP contribution in [0.15, 0.2) is 48.5 Å². The molecule has 2 aromatic carbocycles. The van der Waals surface area contributed by atoms with E-state index in [2.05, 4.69) is 22.0 Å². The number of piperazine rings is 1. The standard InChI is InChI=1S/C20H23N3O3/c1-2-22-10-12-23(13-11-22)16-8-9-18(17(14-16)20(25)26)21-19(24)15-6-4-3-5-7-15/h3-9,14H,2,10-13H2,1H3,(H,21,24)(H,25,26). The molecule has 0 bridgehead atoms. The van der Waals surface area contributed by atoms with Crippen molar-refractivity contribution in [3.8, 4) is 0 Å². The van der Waals surface area contributed by atoms with Crippen LogP contribution in [0.3, 0.4) is 0 Å². The molecular weight excluding hydrogens is 330 g/mol. The van der Waals surface area contributed by atoms with Gasteiger partial charge in [0.2, 0.25) is 0 Å². The van der Waals surface area contributed by atoms with E-state index in [1.807, 2.05) is 12.1 Å². The van der Waals surface area contributed by atoms with E-state index < -0.39 is 5.97 Å². The Labute approximate surface area is 153 Å². The lowest BCUT2D eigenvalue weighted by molar-refractivity contribution is 0.0698. The number of carbonyl (C=O) groups excluding carboxylic acids is 1. The molecule has 0 saturated carbocycles. The molecule has 1 amide bonds. The van der Waals surface area contributed by atoms with Crippen LogP contribution in [0, 0.1) is 0 Å². The Balaban J connectivity index is 1.79. The van der Waals surface area contributed by atoms with Crippen molar-refractivity contribution in [1.82, 2.24) is 4.90 Å². The van der Waals surface area contributed by atoms with Gasteiger partial charge in [-0.25, -0.2) is 4.79 Å². The molecule has 2 aromatic rings. The Hall–Kier alpha value is -2.86. The maximum Gasteiger partial charge on any atom is 0.337 e. The van der Waals surface area contributed by atoms with Crippen LogP contribution >= 0.6 is 0 Å². The number of nitrogens with zero attached hydrogens (tertiary/aromatic N) is 2. The summed E-state index contributed by atoms with van der Waals surface area (Å²) in [7, 11) is 0. The zero-order chi connectivity index (χ0) is 18.5. The number of likely N-dealkylation sites (N-methyl/N-ethyl adjacent to an activating group) is 1. The van der Waals surface area contributed by atoms with Gasteiger partial charge in [-0.3, -0.25) is 4.79 Å². The normalized spacial score (nSPS) is 14.9. The fraction of sp³-hybridized carbons (Fsp3) is 0.300. The van der Waals surface area contributed by atoms with Crippen LogP contribution in [-0.2, 0) is 0 Å². The average Bonchev–Trinajstić information content (AvgIpc) is 2.69. The van der Waals surface area contributed by atoms with E-state index in [1.54, 1.807) is 36.4 Å². The number of carboxylic acids is 1. The number of hydrogen-bond acceptors (Lipinski definition) is 4. The topological polar surface area (TPSA) is 72.9 Å². The number of rotatable bonds is 5. The summed E-state index contributed by atoms with van der Waals surface area (Å²) in [6.45, 7) is 6.82. The highest BCUT2D eigenvalue weighted by molar-refractivity contribution is 6.08. The largest absolute Gasteiger partial charge is 0.478 e. The van der Waals surface area contributed by atoms with Crippen LogP contribution in [-0.4, -0.2) is 54.6 Å². The number of benzene rings is 2. The molecule has 0 spiro atoms. The van der Waals surface area contributed by atoms with Gasteiger partial charge in [-0.05, 0) is 36.9 Å². The summed E-state index contributed by atoms with van der Waals surface area (Å²) in [6, 6.07) is 13.9. The molecular formula is C20H23N3O3. The van der Waals surface area contributed by atoms with Gasteiger partial charge in [0.05, 0.1) is 11.3 Å². The summed E-state index contributed by atoms with van der Waals surface area (Å²) in [5.74, 6) is -1.38. The number of nitrogens with one attached hydrogen (secondary N) is 1. The van der Waals surface area contributed by atoms with E-state index >= 15 is 0 Å². The number of anilines is 2. The molecule has 2 N–H and O–H groups in total.